The number of rotatable bonds is 4. The van der Waals surface area contributed by atoms with E-state index in [4.69, 9.17) is 5.73 Å². The van der Waals surface area contributed by atoms with E-state index in [2.05, 4.69) is 20.8 Å². The molecule has 0 aliphatic carbocycles. The SMILES string of the molecule is Cc1c(Br)cc(CN)cc1S(=O)(=O)NN(C)C. The van der Waals surface area contributed by atoms with E-state index in [0.29, 0.717) is 12.1 Å². The number of nitrogens with one attached hydrogen (secondary N) is 1. The number of halogens is 1. The Labute approximate surface area is 110 Å². The number of hydrogen-bond donors (Lipinski definition) is 2. The summed E-state index contributed by atoms with van der Waals surface area (Å²) in [5.74, 6) is 0. The Morgan fingerprint density at radius 1 is 1.41 bits per heavy atom. The molecule has 17 heavy (non-hydrogen) atoms. The van der Waals surface area contributed by atoms with E-state index in [1.807, 2.05) is 6.07 Å². The predicted molar refractivity (Wildman–Crippen MR) is 70.8 cm³/mol. The molecule has 0 aliphatic rings. The first-order valence-electron chi connectivity index (χ1n) is 4.97. The number of hydrazine groups is 1. The van der Waals surface area contributed by atoms with Gasteiger partial charge in [0.15, 0.2) is 0 Å². The lowest BCUT2D eigenvalue weighted by atomic mass is 10.1. The standard InChI is InChI=1S/C10H16BrN3O2S/c1-7-9(11)4-8(6-12)5-10(7)17(15,16)13-14(2)3/h4-5,13H,6,12H2,1-3H3. The Kier molecular flexibility index (Phi) is 4.68. The molecule has 1 aromatic carbocycles. The zero-order valence-electron chi connectivity index (χ0n) is 9.99. The van der Waals surface area contributed by atoms with Crippen LogP contribution in [0, 0.1) is 6.92 Å². The van der Waals surface area contributed by atoms with Gasteiger partial charge in [-0.25, -0.2) is 13.4 Å². The van der Waals surface area contributed by atoms with Gasteiger partial charge in [-0.05, 0) is 30.2 Å². The maximum atomic E-state index is 12.1. The lowest BCUT2D eigenvalue weighted by molar-refractivity contribution is 0.364. The number of sulfonamides is 1. The summed E-state index contributed by atoms with van der Waals surface area (Å²) in [6.07, 6.45) is 0. The van der Waals surface area contributed by atoms with Crippen molar-refractivity contribution in [3.8, 4) is 0 Å². The lowest BCUT2D eigenvalue weighted by Gasteiger charge is -2.15. The highest BCUT2D eigenvalue weighted by molar-refractivity contribution is 9.10. The Bertz CT molecular complexity index is 515. The molecule has 0 spiro atoms. The Morgan fingerprint density at radius 2 is 2.00 bits per heavy atom. The topological polar surface area (TPSA) is 75.4 Å². The van der Waals surface area contributed by atoms with Gasteiger partial charge < -0.3 is 5.73 Å². The Hall–Kier alpha value is -0.470. The van der Waals surface area contributed by atoms with Gasteiger partial charge >= 0.3 is 0 Å². The van der Waals surface area contributed by atoms with Crippen molar-refractivity contribution in [3.05, 3.63) is 27.7 Å². The van der Waals surface area contributed by atoms with Crippen molar-refractivity contribution in [1.29, 1.82) is 0 Å². The first-order valence-corrected chi connectivity index (χ1v) is 7.24. The average Bonchev–Trinajstić information content (AvgIpc) is 2.19. The van der Waals surface area contributed by atoms with E-state index in [1.54, 1.807) is 27.1 Å². The van der Waals surface area contributed by atoms with Gasteiger partial charge in [0.1, 0.15) is 0 Å². The normalized spacial score (nSPS) is 12.1. The molecule has 0 heterocycles. The van der Waals surface area contributed by atoms with E-state index in [-0.39, 0.29) is 4.90 Å². The fraction of sp³-hybridized carbons (Fsp3) is 0.400. The van der Waals surface area contributed by atoms with Crippen molar-refractivity contribution in [2.45, 2.75) is 18.4 Å². The molecule has 0 radical (unpaired) electrons. The molecule has 1 rings (SSSR count). The van der Waals surface area contributed by atoms with Crippen LogP contribution in [0.1, 0.15) is 11.1 Å². The molecule has 0 amide bonds. The van der Waals surface area contributed by atoms with Crippen LogP contribution in [0.4, 0.5) is 0 Å². The molecule has 0 aliphatic heterocycles. The largest absolute Gasteiger partial charge is 0.326 e. The summed E-state index contributed by atoms with van der Waals surface area (Å²) in [7, 11) is -0.315. The van der Waals surface area contributed by atoms with Crippen molar-refractivity contribution in [1.82, 2.24) is 9.84 Å². The van der Waals surface area contributed by atoms with Crippen LogP contribution in [0.15, 0.2) is 21.5 Å². The minimum atomic E-state index is -3.55. The van der Waals surface area contributed by atoms with Crippen molar-refractivity contribution in [3.63, 3.8) is 0 Å². The third-order valence-corrected chi connectivity index (χ3v) is 4.62. The Balaban J connectivity index is 3.35. The van der Waals surface area contributed by atoms with Gasteiger partial charge in [0.2, 0.25) is 0 Å². The fourth-order valence-corrected chi connectivity index (χ4v) is 3.43. The van der Waals surface area contributed by atoms with Crippen molar-refractivity contribution < 1.29 is 8.42 Å². The molecule has 0 fully saturated rings. The summed E-state index contributed by atoms with van der Waals surface area (Å²) < 4.78 is 24.9. The molecule has 0 saturated heterocycles. The zero-order chi connectivity index (χ0) is 13.2. The smallest absolute Gasteiger partial charge is 0.253 e. The second-order valence-electron chi connectivity index (χ2n) is 3.89. The fourth-order valence-electron chi connectivity index (χ4n) is 1.39. The maximum Gasteiger partial charge on any atom is 0.253 e. The van der Waals surface area contributed by atoms with E-state index >= 15 is 0 Å². The molecule has 0 atom stereocenters. The van der Waals surface area contributed by atoms with Gasteiger partial charge in [0.05, 0.1) is 4.90 Å². The van der Waals surface area contributed by atoms with E-state index in [1.165, 1.54) is 5.01 Å². The highest BCUT2D eigenvalue weighted by Crippen LogP contribution is 2.25. The molecular formula is C10H16BrN3O2S. The number of benzene rings is 1. The molecule has 96 valence electrons. The third-order valence-electron chi connectivity index (χ3n) is 2.18. The summed E-state index contributed by atoms with van der Waals surface area (Å²) in [6, 6.07) is 3.41. The second-order valence-corrected chi connectivity index (χ2v) is 6.38. The highest BCUT2D eigenvalue weighted by Gasteiger charge is 2.19. The number of nitrogens with two attached hydrogens (primary N) is 1. The second kappa shape index (κ2) is 5.45. The summed E-state index contributed by atoms with van der Waals surface area (Å²) in [6.45, 7) is 2.04. The summed E-state index contributed by atoms with van der Waals surface area (Å²) in [4.78, 5) is 2.64. The lowest BCUT2D eigenvalue weighted by Crippen LogP contribution is -2.36. The molecular weight excluding hydrogens is 306 g/mol. The predicted octanol–water partition coefficient (Wildman–Crippen LogP) is 0.971. The summed E-state index contributed by atoms with van der Waals surface area (Å²) in [5, 5.41) is 1.39. The molecule has 0 bridgehead atoms. The van der Waals surface area contributed by atoms with E-state index in [0.717, 1.165) is 10.0 Å². The van der Waals surface area contributed by atoms with Crippen molar-refractivity contribution in [2.75, 3.05) is 14.1 Å². The van der Waals surface area contributed by atoms with Crippen LogP contribution < -0.4 is 10.6 Å². The van der Waals surface area contributed by atoms with E-state index in [9.17, 15) is 8.42 Å². The van der Waals surface area contributed by atoms with Crippen molar-refractivity contribution in [2.24, 2.45) is 5.73 Å². The minimum Gasteiger partial charge on any atom is -0.326 e. The third kappa shape index (κ3) is 3.49. The molecule has 0 saturated carbocycles. The van der Waals surface area contributed by atoms with Crippen LogP contribution in [0.5, 0.6) is 0 Å². The van der Waals surface area contributed by atoms with E-state index < -0.39 is 10.0 Å². The Morgan fingerprint density at radius 3 is 2.47 bits per heavy atom. The molecule has 0 unspecified atom stereocenters. The first kappa shape index (κ1) is 14.6. The van der Waals surface area contributed by atoms with Crippen LogP contribution in [0.25, 0.3) is 0 Å². The highest BCUT2D eigenvalue weighted by atomic mass is 79.9. The molecule has 7 heteroatoms. The molecule has 0 aromatic heterocycles. The van der Waals surface area contributed by atoms with Gasteiger partial charge in [-0.2, -0.15) is 0 Å². The van der Waals surface area contributed by atoms with Gasteiger partial charge in [-0.15, -0.1) is 4.83 Å². The molecule has 1 aromatic rings. The monoisotopic (exact) mass is 321 g/mol. The van der Waals surface area contributed by atoms with Crippen LogP contribution in [-0.2, 0) is 16.6 Å². The quantitative estimate of drug-likeness (QED) is 0.810. The maximum absolute atomic E-state index is 12.1. The van der Waals surface area contributed by atoms with Gasteiger partial charge in [0, 0.05) is 25.1 Å². The summed E-state index contributed by atoms with van der Waals surface area (Å²) in [5.41, 5.74) is 6.96. The zero-order valence-corrected chi connectivity index (χ0v) is 12.4. The minimum absolute atomic E-state index is 0.237. The van der Waals surface area contributed by atoms with Crippen LogP contribution in [0.2, 0.25) is 0 Å². The van der Waals surface area contributed by atoms with Crippen LogP contribution in [0.3, 0.4) is 0 Å². The first-order chi connectivity index (χ1) is 7.77. The van der Waals surface area contributed by atoms with Gasteiger partial charge in [-0.1, -0.05) is 15.9 Å². The summed E-state index contributed by atoms with van der Waals surface area (Å²) >= 11 is 3.34. The molecule has 5 nitrogen and oxygen atoms in total. The number of hydrogen-bond acceptors (Lipinski definition) is 4. The van der Waals surface area contributed by atoms with Gasteiger partial charge in [0.25, 0.3) is 10.0 Å². The van der Waals surface area contributed by atoms with Crippen LogP contribution in [-0.4, -0.2) is 27.5 Å². The van der Waals surface area contributed by atoms with Crippen molar-refractivity contribution >= 4 is 26.0 Å². The average molecular weight is 322 g/mol. The van der Waals surface area contributed by atoms with Gasteiger partial charge in [-0.3, -0.25) is 0 Å². The van der Waals surface area contributed by atoms with Crippen LogP contribution >= 0.6 is 15.9 Å². The number of nitrogens with zero attached hydrogens (tertiary/aromatic N) is 1. The molecule has 3 N–H and O–H groups in total.